The maximum absolute atomic E-state index is 14.1. The molecule has 366 valence electrons. The van der Waals surface area contributed by atoms with Gasteiger partial charge in [-0.3, -0.25) is 38.6 Å². The summed E-state index contributed by atoms with van der Waals surface area (Å²) in [5.41, 5.74) is 17.0. The van der Waals surface area contributed by atoms with Crippen LogP contribution in [0.2, 0.25) is 0 Å². The highest BCUT2D eigenvalue weighted by atomic mass is 32.1. The second kappa shape index (κ2) is 27.7. The van der Waals surface area contributed by atoms with E-state index in [0.717, 1.165) is 0 Å². The van der Waals surface area contributed by atoms with Crippen molar-refractivity contribution < 1.29 is 58.8 Å². The zero-order valence-electron chi connectivity index (χ0n) is 37.0. The second-order valence-corrected chi connectivity index (χ2v) is 16.2. The maximum atomic E-state index is 14.1. The summed E-state index contributed by atoms with van der Waals surface area (Å²) in [6, 6.07) is -5.61. The van der Waals surface area contributed by atoms with E-state index in [4.69, 9.17) is 17.2 Å². The Labute approximate surface area is 386 Å². The predicted molar refractivity (Wildman–Crippen MR) is 241 cm³/mol. The molecule has 7 amide bonds. The van der Waals surface area contributed by atoms with Gasteiger partial charge in [-0.05, 0) is 56.7 Å². The van der Waals surface area contributed by atoms with Crippen molar-refractivity contribution in [1.29, 1.82) is 0 Å². The summed E-state index contributed by atoms with van der Waals surface area (Å²) in [6.45, 7) is 5.35. The van der Waals surface area contributed by atoms with E-state index in [1.54, 1.807) is 13.8 Å². The molecule has 2 aromatic rings. The number of rotatable bonds is 28. The SMILES string of the molecule is CC(C)C[C@H](NC(=O)[C@H](CS)NC(=O)[C@@H](N)CO)C(=O)N[C@H](C(=O)N[C@@H](C)C(=O)N[C@@H](Cc1ccc(O)cc1)C(=O)N[C@@H](Cc1cnc[nH]1)C(=O)N[C@@H](CCCN=C(N)N)C(=O)O)[C@@H](C)O. The number of carbonyl (C=O) groups excluding carboxylic acids is 7. The monoisotopic (exact) mass is 949 g/mol. The third-order valence-electron chi connectivity index (χ3n) is 9.68. The number of phenols is 1. The molecule has 25 nitrogen and oxygen atoms in total. The first-order valence-corrected chi connectivity index (χ1v) is 21.5. The molecule has 0 bridgehead atoms. The average Bonchev–Trinajstić information content (AvgIpc) is 3.77. The number of carbonyl (C=O) groups is 8. The van der Waals surface area contributed by atoms with E-state index < -0.39 is 108 Å². The van der Waals surface area contributed by atoms with Crippen LogP contribution in [0.25, 0.3) is 0 Å². The number of hydrogen-bond donors (Lipinski definition) is 16. The summed E-state index contributed by atoms with van der Waals surface area (Å²) in [6.07, 6.45) is 0.935. The number of aromatic hydroxyl groups is 1. The highest BCUT2D eigenvalue weighted by Crippen LogP contribution is 2.13. The molecule has 0 unspecified atom stereocenters. The summed E-state index contributed by atoms with van der Waals surface area (Å²) >= 11 is 4.09. The first-order valence-electron chi connectivity index (χ1n) is 20.9. The Balaban J connectivity index is 2.31. The third-order valence-corrected chi connectivity index (χ3v) is 10.0. The van der Waals surface area contributed by atoms with Crippen molar-refractivity contribution in [2.75, 3.05) is 18.9 Å². The number of guanidine groups is 1. The first kappa shape index (κ1) is 55.6. The Morgan fingerprint density at radius 3 is 1.82 bits per heavy atom. The number of hydrogen-bond acceptors (Lipinski definition) is 15. The highest BCUT2D eigenvalue weighted by Gasteiger charge is 2.35. The molecular formula is C40H63N13O12S. The van der Waals surface area contributed by atoms with Gasteiger partial charge in [0.1, 0.15) is 54.1 Å². The van der Waals surface area contributed by atoms with Crippen molar-refractivity contribution in [2.24, 2.45) is 28.1 Å². The second-order valence-electron chi connectivity index (χ2n) is 15.8. The minimum Gasteiger partial charge on any atom is -0.508 e. The minimum absolute atomic E-state index is 0.0453. The Morgan fingerprint density at radius 1 is 0.742 bits per heavy atom. The molecule has 1 aromatic heterocycles. The molecule has 0 fully saturated rings. The summed E-state index contributed by atoms with van der Waals surface area (Å²) in [4.78, 5) is 117. The van der Waals surface area contributed by atoms with E-state index in [0.29, 0.717) is 11.3 Å². The number of amides is 7. The van der Waals surface area contributed by atoms with Gasteiger partial charge in [0.05, 0.1) is 19.0 Å². The van der Waals surface area contributed by atoms with Gasteiger partial charge < -0.3 is 79.8 Å². The van der Waals surface area contributed by atoms with Crippen LogP contribution in [0.5, 0.6) is 5.75 Å². The van der Waals surface area contributed by atoms with Gasteiger partial charge in [-0.1, -0.05) is 26.0 Å². The number of nitrogens with two attached hydrogens (primary N) is 3. The quantitative estimate of drug-likeness (QED) is 0.0165. The van der Waals surface area contributed by atoms with E-state index in [1.807, 2.05) is 0 Å². The molecule has 26 heteroatoms. The number of nitrogens with one attached hydrogen (secondary N) is 8. The number of imidazole rings is 1. The number of nitrogens with zero attached hydrogens (tertiary/aromatic N) is 2. The first-order chi connectivity index (χ1) is 31.1. The standard InChI is InChI=1S/C40H63N13O12S/c1-19(2)12-27(50-37(62)30(17-66)52-33(58)25(41)16-54)36(61)53-31(21(4)55)38(63)47-20(3)32(57)49-28(13-22-7-9-24(56)10-8-22)34(59)51-29(14-23-15-44-18-46-23)35(60)48-26(39(64)65)6-5-11-45-40(42)43/h7-10,15,18-21,25-31,54-56,66H,5-6,11-14,16-17,41H2,1-4H3,(H,44,46)(H,47,63)(H,48,60)(H,49,57)(H,50,62)(H,51,59)(H,52,58)(H,53,61)(H,64,65)(H4,42,43,45)/t20-,21+,25-,26-,27-,28-,29-,30-,31-/m0/s1. The van der Waals surface area contributed by atoms with Crippen molar-refractivity contribution in [3.8, 4) is 5.75 Å². The Morgan fingerprint density at radius 2 is 1.29 bits per heavy atom. The molecule has 0 aliphatic carbocycles. The van der Waals surface area contributed by atoms with Gasteiger partial charge in [0.15, 0.2) is 5.96 Å². The number of phenolic OH excluding ortho intramolecular Hbond substituents is 1. The van der Waals surface area contributed by atoms with Crippen molar-refractivity contribution in [1.82, 2.24) is 47.2 Å². The lowest BCUT2D eigenvalue weighted by Crippen LogP contribution is -2.62. The van der Waals surface area contributed by atoms with E-state index in [9.17, 15) is 58.8 Å². The molecule has 1 heterocycles. The van der Waals surface area contributed by atoms with Crippen LogP contribution in [0.4, 0.5) is 0 Å². The largest absolute Gasteiger partial charge is 0.508 e. The van der Waals surface area contributed by atoms with E-state index in [-0.39, 0.29) is 62.0 Å². The van der Waals surface area contributed by atoms with Crippen LogP contribution in [0.15, 0.2) is 41.8 Å². The lowest BCUT2D eigenvalue weighted by Gasteiger charge is -2.28. The van der Waals surface area contributed by atoms with Gasteiger partial charge >= 0.3 is 5.97 Å². The number of H-pyrrole nitrogens is 1. The fraction of sp³-hybridized carbons (Fsp3) is 0.550. The lowest BCUT2D eigenvalue weighted by atomic mass is 10.0. The zero-order chi connectivity index (χ0) is 49.7. The molecule has 66 heavy (non-hydrogen) atoms. The highest BCUT2D eigenvalue weighted by molar-refractivity contribution is 7.80. The number of aromatic nitrogens is 2. The molecule has 0 aliphatic heterocycles. The maximum Gasteiger partial charge on any atom is 0.326 e. The molecule has 0 aliphatic rings. The van der Waals surface area contributed by atoms with Gasteiger partial charge in [-0.15, -0.1) is 0 Å². The van der Waals surface area contributed by atoms with Gasteiger partial charge in [0.25, 0.3) is 0 Å². The summed E-state index contributed by atoms with van der Waals surface area (Å²) in [7, 11) is 0. The molecule has 0 saturated carbocycles. The molecule has 0 radical (unpaired) electrons. The normalized spacial score (nSPS) is 15.2. The van der Waals surface area contributed by atoms with Gasteiger partial charge in [0, 0.05) is 37.0 Å². The number of carboxylic acids is 1. The van der Waals surface area contributed by atoms with Crippen LogP contribution in [0, 0.1) is 5.92 Å². The van der Waals surface area contributed by atoms with Crippen LogP contribution in [0.3, 0.4) is 0 Å². The summed E-state index contributed by atoms with van der Waals surface area (Å²) in [5, 5.41) is 56.6. The number of benzene rings is 1. The van der Waals surface area contributed by atoms with Crippen LogP contribution in [0.1, 0.15) is 58.2 Å². The van der Waals surface area contributed by atoms with Crippen molar-refractivity contribution >= 4 is 65.9 Å². The number of aliphatic imine (C=N–C) groups is 1. The van der Waals surface area contributed by atoms with Gasteiger partial charge in [-0.2, -0.15) is 12.6 Å². The number of aliphatic hydroxyl groups excluding tert-OH is 2. The fourth-order valence-electron chi connectivity index (χ4n) is 6.06. The summed E-state index contributed by atoms with van der Waals surface area (Å²) < 4.78 is 0. The Bertz CT molecular complexity index is 1970. The smallest absolute Gasteiger partial charge is 0.326 e. The molecule has 0 saturated heterocycles. The molecule has 1 aromatic carbocycles. The Kier molecular flexibility index (Phi) is 23.4. The molecule has 18 N–H and O–H groups in total. The summed E-state index contributed by atoms with van der Waals surface area (Å²) in [5.74, 6) is -8.36. The van der Waals surface area contributed by atoms with Crippen LogP contribution >= 0.6 is 12.6 Å². The fourth-order valence-corrected chi connectivity index (χ4v) is 6.32. The number of thiol groups is 1. The van der Waals surface area contributed by atoms with E-state index in [1.165, 1.54) is 50.6 Å². The third kappa shape index (κ3) is 19.3. The number of aromatic amines is 1. The van der Waals surface area contributed by atoms with Crippen LogP contribution < -0.4 is 54.4 Å². The number of aliphatic carboxylic acids is 1. The van der Waals surface area contributed by atoms with E-state index >= 15 is 0 Å². The van der Waals surface area contributed by atoms with Crippen LogP contribution in [-0.2, 0) is 51.2 Å². The molecule has 9 atom stereocenters. The van der Waals surface area contributed by atoms with E-state index in [2.05, 4.69) is 64.8 Å². The van der Waals surface area contributed by atoms with Crippen LogP contribution in [-0.4, -0.2) is 157 Å². The lowest BCUT2D eigenvalue weighted by molar-refractivity contribution is -0.142. The van der Waals surface area contributed by atoms with Crippen molar-refractivity contribution in [3.05, 3.63) is 48.0 Å². The topological polar surface area (TPSA) is 421 Å². The Hall–Kier alpha value is -6.51. The predicted octanol–water partition coefficient (Wildman–Crippen LogP) is -4.87. The molecule has 2 rings (SSSR count). The zero-order valence-corrected chi connectivity index (χ0v) is 37.9. The number of carboxylic acid groups (broad SMARTS) is 1. The minimum atomic E-state index is -1.68. The van der Waals surface area contributed by atoms with Crippen molar-refractivity contribution in [2.45, 2.75) is 114 Å². The van der Waals surface area contributed by atoms with Crippen molar-refractivity contribution in [3.63, 3.8) is 0 Å². The number of aliphatic hydroxyl groups is 2. The average molecular weight is 950 g/mol. The molecular weight excluding hydrogens is 887 g/mol. The van der Waals surface area contributed by atoms with Gasteiger partial charge in [-0.25, -0.2) is 9.78 Å². The van der Waals surface area contributed by atoms with Gasteiger partial charge in [0.2, 0.25) is 41.4 Å². The molecule has 0 spiro atoms.